The standard InChI is InChI=1S/C20H21N5O5/c1-28-15-6-5-12(8-17(15)29-2)10-21-20-22-13(14(27)11-26)9-18-23-19(24-25(18)20)16-4-3-7-30-16/h3-9,14,26-27H,10-11H2,1-2H3,(H,21,22). The lowest BCUT2D eigenvalue weighted by molar-refractivity contribution is 0.0923. The number of aliphatic hydroxyl groups is 2. The van der Waals surface area contributed by atoms with E-state index in [1.807, 2.05) is 18.2 Å². The number of nitrogens with zero attached hydrogens (tertiary/aromatic N) is 4. The molecule has 10 heteroatoms. The number of ether oxygens (including phenoxy) is 2. The van der Waals surface area contributed by atoms with Crippen LogP contribution in [0.1, 0.15) is 17.4 Å². The quantitative estimate of drug-likeness (QED) is 0.399. The molecule has 0 saturated heterocycles. The molecule has 3 aromatic heterocycles. The smallest absolute Gasteiger partial charge is 0.226 e. The Bertz CT molecular complexity index is 1140. The van der Waals surface area contributed by atoms with Gasteiger partial charge >= 0.3 is 0 Å². The molecule has 0 saturated carbocycles. The summed E-state index contributed by atoms with van der Waals surface area (Å²) in [6, 6.07) is 10.6. The fourth-order valence-corrected chi connectivity index (χ4v) is 2.97. The van der Waals surface area contributed by atoms with Gasteiger partial charge in [-0.15, -0.1) is 5.10 Å². The maximum absolute atomic E-state index is 10.1. The van der Waals surface area contributed by atoms with Gasteiger partial charge in [0.1, 0.15) is 6.10 Å². The predicted molar refractivity (Wildman–Crippen MR) is 107 cm³/mol. The lowest BCUT2D eigenvalue weighted by atomic mass is 10.2. The Morgan fingerprint density at radius 3 is 2.67 bits per heavy atom. The number of hydrogen-bond acceptors (Lipinski definition) is 9. The topological polar surface area (TPSA) is 127 Å². The Hall–Kier alpha value is -3.63. The van der Waals surface area contributed by atoms with E-state index in [1.165, 1.54) is 10.8 Å². The molecule has 0 aliphatic carbocycles. The Labute approximate surface area is 171 Å². The maximum atomic E-state index is 10.1. The maximum Gasteiger partial charge on any atom is 0.226 e. The van der Waals surface area contributed by atoms with Crippen LogP contribution >= 0.6 is 0 Å². The fraction of sp³-hybridized carbons (Fsp3) is 0.250. The third kappa shape index (κ3) is 3.78. The number of methoxy groups -OCH3 is 2. The number of anilines is 1. The van der Waals surface area contributed by atoms with Crippen molar-refractivity contribution in [3.8, 4) is 23.1 Å². The Morgan fingerprint density at radius 2 is 1.97 bits per heavy atom. The molecule has 4 rings (SSSR count). The molecule has 0 amide bonds. The molecule has 0 fully saturated rings. The molecule has 1 atom stereocenters. The van der Waals surface area contributed by atoms with Crippen LogP contribution in [0.15, 0.2) is 47.1 Å². The van der Waals surface area contributed by atoms with Crippen molar-refractivity contribution >= 4 is 11.6 Å². The van der Waals surface area contributed by atoms with Crippen LogP contribution in [0.5, 0.6) is 11.5 Å². The van der Waals surface area contributed by atoms with E-state index in [1.54, 1.807) is 32.4 Å². The van der Waals surface area contributed by atoms with E-state index < -0.39 is 12.7 Å². The Morgan fingerprint density at radius 1 is 1.13 bits per heavy atom. The molecule has 30 heavy (non-hydrogen) atoms. The number of aliphatic hydroxyl groups excluding tert-OH is 2. The van der Waals surface area contributed by atoms with Crippen molar-refractivity contribution in [2.75, 3.05) is 26.1 Å². The number of fused-ring (bicyclic) bond motifs is 1. The van der Waals surface area contributed by atoms with Crippen molar-refractivity contribution in [2.45, 2.75) is 12.6 Å². The minimum absolute atomic E-state index is 0.276. The molecule has 0 radical (unpaired) electrons. The molecule has 0 aliphatic heterocycles. The van der Waals surface area contributed by atoms with E-state index in [0.717, 1.165) is 5.56 Å². The normalized spacial score (nSPS) is 12.1. The lowest BCUT2D eigenvalue weighted by Gasteiger charge is -2.13. The van der Waals surface area contributed by atoms with Crippen molar-refractivity contribution in [2.24, 2.45) is 0 Å². The van der Waals surface area contributed by atoms with Crippen LogP contribution in [-0.2, 0) is 6.54 Å². The van der Waals surface area contributed by atoms with E-state index in [9.17, 15) is 10.2 Å². The van der Waals surface area contributed by atoms with Gasteiger partial charge in [0.25, 0.3) is 0 Å². The molecular weight excluding hydrogens is 390 g/mol. The monoisotopic (exact) mass is 411 g/mol. The highest BCUT2D eigenvalue weighted by atomic mass is 16.5. The summed E-state index contributed by atoms with van der Waals surface area (Å²) in [5.41, 5.74) is 1.65. The van der Waals surface area contributed by atoms with Crippen LogP contribution < -0.4 is 14.8 Å². The van der Waals surface area contributed by atoms with Crippen LogP contribution in [0.25, 0.3) is 17.2 Å². The molecule has 3 N–H and O–H groups in total. The average molecular weight is 411 g/mol. The molecule has 4 aromatic rings. The van der Waals surface area contributed by atoms with Gasteiger partial charge in [-0.2, -0.15) is 4.52 Å². The second kappa shape index (κ2) is 8.39. The van der Waals surface area contributed by atoms with Crippen LogP contribution in [0.2, 0.25) is 0 Å². The van der Waals surface area contributed by atoms with Gasteiger partial charge in [-0.1, -0.05) is 6.07 Å². The van der Waals surface area contributed by atoms with Crippen LogP contribution in [0.3, 0.4) is 0 Å². The van der Waals surface area contributed by atoms with Crippen molar-refractivity contribution < 1.29 is 24.1 Å². The third-order valence-corrected chi connectivity index (χ3v) is 4.50. The summed E-state index contributed by atoms with van der Waals surface area (Å²) in [5, 5.41) is 27.0. The van der Waals surface area contributed by atoms with Gasteiger partial charge in [0, 0.05) is 12.6 Å². The first-order valence-electron chi connectivity index (χ1n) is 9.18. The SMILES string of the molecule is COc1ccc(CNc2nc(C(O)CO)cc3nc(-c4ccco4)nn23)cc1OC. The number of hydrogen-bond donors (Lipinski definition) is 3. The van der Waals surface area contributed by atoms with Gasteiger partial charge in [-0.05, 0) is 29.8 Å². The van der Waals surface area contributed by atoms with E-state index in [4.69, 9.17) is 13.9 Å². The molecule has 0 bridgehead atoms. The minimum atomic E-state index is -1.14. The third-order valence-electron chi connectivity index (χ3n) is 4.50. The zero-order valence-corrected chi connectivity index (χ0v) is 16.4. The molecular formula is C20H21N5O5. The molecule has 1 unspecified atom stereocenters. The van der Waals surface area contributed by atoms with Gasteiger partial charge in [0.15, 0.2) is 22.9 Å². The van der Waals surface area contributed by atoms with Crippen molar-refractivity contribution in [3.63, 3.8) is 0 Å². The predicted octanol–water partition coefficient (Wildman–Crippen LogP) is 2.04. The highest BCUT2D eigenvalue weighted by Gasteiger charge is 2.17. The summed E-state index contributed by atoms with van der Waals surface area (Å²) in [6.45, 7) is -0.0610. The first kappa shape index (κ1) is 19.7. The molecule has 156 valence electrons. The van der Waals surface area contributed by atoms with Gasteiger partial charge < -0.3 is 29.4 Å². The average Bonchev–Trinajstić information content (AvgIpc) is 3.46. The van der Waals surface area contributed by atoms with E-state index in [0.29, 0.717) is 41.2 Å². The number of rotatable bonds is 8. The molecule has 3 heterocycles. The van der Waals surface area contributed by atoms with Crippen molar-refractivity contribution in [1.29, 1.82) is 0 Å². The summed E-state index contributed by atoms with van der Waals surface area (Å²) in [6.07, 6.45) is 0.400. The molecule has 0 aliphatic rings. The molecule has 0 spiro atoms. The van der Waals surface area contributed by atoms with Gasteiger partial charge in [-0.3, -0.25) is 0 Å². The summed E-state index contributed by atoms with van der Waals surface area (Å²) < 4.78 is 17.5. The van der Waals surface area contributed by atoms with E-state index in [-0.39, 0.29) is 5.69 Å². The van der Waals surface area contributed by atoms with Crippen LogP contribution in [0, 0.1) is 0 Å². The number of benzene rings is 1. The number of aromatic nitrogens is 4. The Kier molecular flexibility index (Phi) is 5.50. The minimum Gasteiger partial charge on any atom is -0.493 e. The lowest BCUT2D eigenvalue weighted by Crippen LogP contribution is -2.12. The second-order valence-electron chi connectivity index (χ2n) is 6.43. The van der Waals surface area contributed by atoms with E-state index >= 15 is 0 Å². The first-order chi connectivity index (χ1) is 14.6. The first-order valence-corrected chi connectivity index (χ1v) is 9.18. The number of furan rings is 1. The second-order valence-corrected chi connectivity index (χ2v) is 6.43. The largest absolute Gasteiger partial charge is 0.493 e. The van der Waals surface area contributed by atoms with Gasteiger partial charge in [-0.25, -0.2) is 9.97 Å². The summed E-state index contributed by atoms with van der Waals surface area (Å²) in [7, 11) is 3.15. The highest BCUT2D eigenvalue weighted by molar-refractivity contribution is 5.55. The molecule has 1 aromatic carbocycles. The number of nitrogens with one attached hydrogen (secondary N) is 1. The molecule has 10 nitrogen and oxygen atoms in total. The zero-order valence-electron chi connectivity index (χ0n) is 16.4. The van der Waals surface area contributed by atoms with Crippen LogP contribution in [0.4, 0.5) is 5.95 Å². The van der Waals surface area contributed by atoms with Gasteiger partial charge in [0.05, 0.1) is 32.8 Å². The zero-order chi connectivity index (χ0) is 21.1. The Balaban J connectivity index is 1.69. The van der Waals surface area contributed by atoms with Crippen molar-refractivity contribution in [3.05, 3.63) is 53.9 Å². The summed E-state index contributed by atoms with van der Waals surface area (Å²) >= 11 is 0. The highest BCUT2D eigenvalue weighted by Crippen LogP contribution is 2.28. The van der Waals surface area contributed by atoms with Crippen LogP contribution in [-0.4, -0.2) is 50.6 Å². The van der Waals surface area contributed by atoms with Crippen molar-refractivity contribution in [1.82, 2.24) is 19.6 Å². The fourth-order valence-electron chi connectivity index (χ4n) is 2.97. The summed E-state index contributed by atoms with van der Waals surface area (Å²) in [5.74, 6) is 2.49. The van der Waals surface area contributed by atoms with E-state index in [2.05, 4.69) is 20.4 Å². The summed E-state index contributed by atoms with van der Waals surface area (Å²) in [4.78, 5) is 8.86. The van der Waals surface area contributed by atoms with Gasteiger partial charge in [0.2, 0.25) is 11.8 Å².